The van der Waals surface area contributed by atoms with Crippen LogP contribution in [0.1, 0.15) is 0 Å². The van der Waals surface area contributed by atoms with Crippen LogP contribution in [0.25, 0.3) is 0 Å². The van der Waals surface area contributed by atoms with Crippen LogP contribution >= 0.6 is 0 Å². The fourth-order valence-corrected chi connectivity index (χ4v) is 1.82. The molecule has 7 heteroatoms. The van der Waals surface area contributed by atoms with Gasteiger partial charge in [0.1, 0.15) is 12.0 Å². The van der Waals surface area contributed by atoms with Crippen molar-refractivity contribution in [2.45, 2.75) is 0 Å². The van der Waals surface area contributed by atoms with Gasteiger partial charge >= 0.3 is 0 Å². The van der Waals surface area contributed by atoms with E-state index in [-0.39, 0.29) is 0 Å². The van der Waals surface area contributed by atoms with Crippen LogP contribution in [0.15, 0.2) is 61.2 Å². The molecule has 3 rings (SSSR count). The summed E-state index contributed by atoms with van der Waals surface area (Å²) in [6.45, 7) is 0. The van der Waals surface area contributed by atoms with Gasteiger partial charge in [-0.05, 0) is 24.3 Å². The predicted octanol–water partition coefficient (Wildman–Crippen LogP) is 2.64. The summed E-state index contributed by atoms with van der Waals surface area (Å²) >= 11 is 0. The molecule has 0 fully saturated rings. The third kappa shape index (κ3) is 3.21. The zero-order valence-corrected chi connectivity index (χ0v) is 11.7. The van der Waals surface area contributed by atoms with E-state index in [1.165, 1.54) is 6.33 Å². The molecule has 2 aromatic heterocycles. The van der Waals surface area contributed by atoms with Crippen molar-refractivity contribution in [3.8, 4) is 0 Å². The number of benzene rings is 1. The molecule has 0 saturated heterocycles. The van der Waals surface area contributed by atoms with Crippen molar-refractivity contribution in [3.05, 3.63) is 61.2 Å². The average Bonchev–Trinajstić information content (AvgIpc) is 2.58. The quantitative estimate of drug-likeness (QED) is 0.536. The summed E-state index contributed by atoms with van der Waals surface area (Å²) in [4.78, 5) is 12.3. The number of nitrogens with two attached hydrogens (primary N) is 1. The molecule has 0 spiro atoms. The largest absolute Gasteiger partial charge is 0.393 e. The van der Waals surface area contributed by atoms with Crippen molar-refractivity contribution < 1.29 is 0 Å². The Labute approximate surface area is 127 Å². The van der Waals surface area contributed by atoms with Crippen LogP contribution in [-0.2, 0) is 0 Å². The van der Waals surface area contributed by atoms with Crippen LogP contribution < -0.4 is 21.9 Å². The molecule has 110 valence electrons. The lowest BCUT2D eigenvalue weighted by molar-refractivity contribution is 1.15. The Morgan fingerprint density at radius 2 is 1.59 bits per heavy atom. The van der Waals surface area contributed by atoms with E-state index >= 15 is 0 Å². The molecular formula is C15H15N7. The Bertz CT molecular complexity index is 731. The summed E-state index contributed by atoms with van der Waals surface area (Å²) in [7, 11) is 0. The minimum absolute atomic E-state index is 0.412. The molecule has 0 atom stereocenters. The summed E-state index contributed by atoms with van der Waals surface area (Å²) < 4.78 is 0. The van der Waals surface area contributed by atoms with Gasteiger partial charge in [-0.3, -0.25) is 15.8 Å². The summed E-state index contributed by atoms with van der Waals surface area (Å²) in [5.74, 6) is 1.01. The lowest BCUT2D eigenvalue weighted by Gasteiger charge is -2.13. The third-order valence-corrected chi connectivity index (χ3v) is 2.91. The molecule has 0 aliphatic heterocycles. The molecule has 0 unspecified atom stereocenters. The maximum atomic E-state index is 6.08. The van der Waals surface area contributed by atoms with E-state index in [0.29, 0.717) is 17.3 Å². The molecule has 0 radical (unpaired) electrons. The van der Waals surface area contributed by atoms with Gasteiger partial charge in [0.25, 0.3) is 0 Å². The number of rotatable bonds is 5. The van der Waals surface area contributed by atoms with E-state index in [0.717, 1.165) is 11.4 Å². The van der Waals surface area contributed by atoms with Gasteiger partial charge in [0, 0.05) is 6.20 Å². The van der Waals surface area contributed by atoms with E-state index in [4.69, 9.17) is 5.73 Å². The van der Waals surface area contributed by atoms with Crippen molar-refractivity contribution in [2.75, 3.05) is 21.9 Å². The van der Waals surface area contributed by atoms with E-state index in [1.54, 1.807) is 12.4 Å². The van der Waals surface area contributed by atoms with E-state index in [1.807, 2.05) is 42.5 Å². The van der Waals surface area contributed by atoms with Gasteiger partial charge in [0.2, 0.25) is 0 Å². The highest BCUT2D eigenvalue weighted by Crippen LogP contribution is 2.25. The summed E-state index contributed by atoms with van der Waals surface area (Å²) in [5.41, 5.74) is 14.2. The van der Waals surface area contributed by atoms with Crippen LogP contribution in [0.4, 0.5) is 28.7 Å². The summed E-state index contributed by atoms with van der Waals surface area (Å²) in [6, 6.07) is 13.4. The highest BCUT2D eigenvalue weighted by atomic mass is 15.4. The number of anilines is 5. The fraction of sp³-hybridized carbons (Fsp3) is 0. The van der Waals surface area contributed by atoms with Crippen molar-refractivity contribution >= 4 is 28.7 Å². The molecule has 22 heavy (non-hydrogen) atoms. The van der Waals surface area contributed by atoms with Gasteiger partial charge in [-0.2, -0.15) is 0 Å². The smallest absolute Gasteiger partial charge is 0.173 e. The molecule has 0 aliphatic rings. The number of pyridine rings is 1. The third-order valence-electron chi connectivity index (χ3n) is 2.91. The Balaban J connectivity index is 1.74. The highest BCUT2D eigenvalue weighted by Gasteiger charge is 2.08. The topological polar surface area (TPSA) is 101 Å². The Morgan fingerprint density at radius 1 is 0.818 bits per heavy atom. The lowest BCUT2D eigenvalue weighted by Crippen LogP contribution is -2.13. The maximum absolute atomic E-state index is 6.08. The van der Waals surface area contributed by atoms with Crippen molar-refractivity contribution in [1.29, 1.82) is 0 Å². The predicted molar refractivity (Wildman–Crippen MR) is 87.7 cm³/mol. The van der Waals surface area contributed by atoms with Gasteiger partial charge in [-0.15, -0.1) is 0 Å². The first kappa shape index (κ1) is 13.6. The normalized spacial score (nSPS) is 10.0. The molecule has 0 bridgehead atoms. The highest BCUT2D eigenvalue weighted by molar-refractivity contribution is 5.78. The standard InChI is InChI=1S/C15H15N7/c16-13-14(20-12-7-4-8-17-9-12)18-10-19-15(13)22-21-11-5-2-1-3-6-11/h1-10,21H,16H2,(H2,18,19,20,22). The van der Waals surface area contributed by atoms with Gasteiger partial charge in [0.15, 0.2) is 11.6 Å². The SMILES string of the molecule is Nc1c(NNc2ccccc2)ncnc1Nc1cccnc1. The Morgan fingerprint density at radius 3 is 2.36 bits per heavy atom. The van der Waals surface area contributed by atoms with Crippen LogP contribution in [0.2, 0.25) is 0 Å². The zero-order chi connectivity index (χ0) is 15.2. The zero-order valence-electron chi connectivity index (χ0n) is 11.7. The molecule has 1 aromatic carbocycles. The average molecular weight is 293 g/mol. The first-order valence-corrected chi connectivity index (χ1v) is 6.67. The van der Waals surface area contributed by atoms with E-state index in [2.05, 4.69) is 31.1 Å². The fourth-order valence-electron chi connectivity index (χ4n) is 1.82. The van der Waals surface area contributed by atoms with Gasteiger partial charge in [-0.25, -0.2) is 9.97 Å². The minimum atomic E-state index is 0.412. The number of aromatic nitrogens is 3. The number of para-hydroxylation sites is 1. The molecular weight excluding hydrogens is 278 g/mol. The van der Waals surface area contributed by atoms with E-state index < -0.39 is 0 Å². The maximum Gasteiger partial charge on any atom is 0.173 e. The molecule has 0 saturated carbocycles. The van der Waals surface area contributed by atoms with Crippen molar-refractivity contribution in [2.24, 2.45) is 0 Å². The first-order chi connectivity index (χ1) is 10.8. The number of hydrogen-bond donors (Lipinski definition) is 4. The van der Waals surface area contributed by atoms with Crippen LogP contribution in [0.3, 0.4) is 0 Å². The molecule has 3 aromatic rings. The molecule has 2 heterocycles. The number of hydrazine groups is 1. The second-order valence-corrected chi connectivity index (χ2v) is 4.47. The number of hydrogen-bond acceptors (Lipinski definition) is 7. The number of nitrogens with one attached hydrogen (secondary N) is 3. The number of nitrogens with zero attached hydrogens (tertiary/aromatic N) is 3. The van der Waals surface area contributed by atoms with Gasteiger partial charge < -0.3 is 11.1 Å². The Hall–Kier alpha value is -3.35. The molecule has 0 amide bonds. The van der Waals surface area contributed by atoms with Crippen molar-refractivity contribution in [3.63, 3.8) is 0 Å². The number of nitrogen functional groups attached to an aromatic ring is 1. The minimum Gasteiger partial charge on any atom is -0.393 e. The monoisotopic (exact) mass is 293 g/mol. The summed E-state index contributed by atoms with van der Waals surface area (Å²) in [6.07, 6.45) is 4.83. The second-order valence-electron chi connectivity index (χ2n) is 4.47. The summed E-state index contributed by atoms with van der Waals surface area (Å²) in [5, 5.41) is 3.10. The Kier molecular flexibility index (Phi) is 3.96. The van der Waals surface area contributed by atoms with Crippen molar-refractivity contribution in [1.82, 2.24) is 15.0 Å². The van der Waals surface area contributed by atoms with E-state index in [9.17, 15) is 0 Å². The first-order valence-electron chi connectivity index (χ1n) is 6.67. The molecule has 7 nitrogen and oxygen atoms in total. The lowest BCUT2D eigenvalue weighted by atomic mass is 10.3. The van der Waals surface area contributed by atoms with Gasteiger partial charge in [0.05, 0.1) is 17.6 Å². The molecule has 5 N–H and O–H groups in total. The molecule has 0 aliphatic carbocycles. The second kappa shape index (κ2) is 6.40. The van der Waals surface area contributed by atoms with Gasteiger partial charge in [-0.1, -0.05) is 18.2 Å². The van der Waals surface area contributed by atoms with Crippen LogP contribution in [-0.4, -0.2) is 15.0 Å². The van der Waals surface area contributed by atoms with Crippen LogP contribution in [0, 0.1) is 0 Å². The van der Waals surface area contributed by atoms with Crippen LogP contribution in [0.5, 0.6) is 0 Å².